The molecule has 0 spiro atoms. The van der Waals surface area contributed by atoms with Crippen LogP contribution < -0.4 is 10.2 Å². The number of hydrogen-bond donors (Lipinski definition) is 3. The summed E-state index contributed by atoms with van der Waals surface area (Å²) in [5, 5.41) is 24.9. The molecule has 1 fully saturated rings. The second-order valence-electron chi connectivity index (χ2n) is 12.1. The van der Waals surface area contributed by atoms with Gasteiger partial charge in [-0.15, -0.1) is 0 Å². The maximum absolute atomic E-state index is 15.5. The van der Waals surface area contributed by atoms with E-state index < -0.39 is 34.5 Å². The van der Waals surface area contributed by atoms with Crippen molar-refractivity contribution in [1.29, 1.82) is 0 Å². The zero-order valence-electron chi connectivity index (χ0n) is 24.3. The lowest BCUT2D eigenvalue weighted by Crippen LogP contribution is -2.47. The molecule has 2 aliphatic rings. The van der Waals surface area contributed by atoms with Gasteiger partial charge in [0, 0.05) is 36.8 Å². The van der Waals surface area contributed by atoms with Crippen molar-refractivity contribution in [2.75, 3.05) is 37.0 Å². The zero-order chi connectivity index (χ0) is 29.7. The van der Waals surface area contributed by atoms with Crippen molar-refractivity contribution < 1.29 is 28.1 Å². The molecule has 3 N–H and O–H groups in total. The molecule has 2 aromatic carbocycles. The monoisotopic (exact) mass is 572 g/mol. The third kappa shape index (κ3) is 5.37. The van der Waals surface area contributed by atoms with Crippen molar-refractivity contribution in [3.8, 4) is 0 Å². The van der Waals surface area contributed by atoms with Gasteiger partial charge in [0.2, 0.25) is 0 Å². The fourth-order valence-electron chi connectivity index (χ4n) is 6.17. The summed E-state index contributed by atoms with van der Waals surface area (Å²) in [5.74, 6) is -3.79. The number of aliphatic hydroxyl groups is 2. The Morgan fingerprint density at radius 3 is 2.49 bits per heavy atom. The van der Waals surface area contributed by atoms with E-state index in [0.717, 1.165) is 55.8 Å². The van der Waals surface area contributed by atoms with Gasteiger partial charge in [-0.3, -0.25) is 0 Å². The number of aryl methyl sites for hydroxylation is 2. The third-order valence-electron chi connectivity index (χ3n) is 8.55. The van der Waals surface area contributed by atoms with E-state index in [2.05, 4.69) is 21.3 Å². The quantitative estimate of drug-likeness (QED) is 0.325. The average molecular weight is 573 g/mol. The highest BCUT2D eigenvalue weighted by Crippen LogP contribution is 2.43. The Morgan fingerprint density at radius 1 is 1.15 bits per heavy atom. The van der Waals surface area contributed by atoms with Crippen molar-refractivity contribution in [2.45, 2.75) is 83.0 Å². The molecule has 7 nitrogen and oxygen atoms in total. The molecule has 1 aromatic heterocycles. The van der Waals surface area contributed by atoms with E-state index in [1.807, 2.05) is 0 Å². The van der Waals surface area contributed by atoms with E-state index in [9.17, 15) is 19.0 Å². The molecule has 0 unspecified atom stereocenters. The van der Waals surface area contributed by atoms with Crippen LogP contribution in [0.1, 0.15) is 74.2 Å². The van der Waals surface area contributed by atoms with E-state index in [1.54, 1.807) is 21.0 Å². The van der Waals surface area contributed by atoms with Crippen molar-refractivity contribution in [3.63, 3.8) is 0 Å². The van der Waals surface area contributed by atoms with Crippen LogP contribution in [0.25, 0.3) is 10.9 Å². The highest BCUT2D eigenvalue weighted by atomic mass is 19.3. The molecule has 5 rings (SSSR count). The molecule has 0 radical (unpaired) electrons. The number of fused-ring (bicyclic) bond motifs is 3. The van der Waals surface area contributed by atoms with Crippen LogP contribution in [-0.4, -0.2) is 58.2 Å². The van der Waals surface area contributed by atoms with Crippen LogP contribution in [-0.2, 0) is 23.5 Å². The fourth-order valence-corrected chi connectivity index (χ4v) is 6.17. The molecule has 1 atom stereocenters. The number of anilines is 2. The number of aromatic nitrogens is 2. The number of rotatable bonds is 8. The first-order chi connectivity index (χ1) is 19.3. The van der Waals surface area contributed by atoms with Crippen molar-refractivity contribution in [3.05, 3.63) is 58.2 Å². The molecule has 3 aromatic rings. The van der Waals surface area contributed by atoms with Crippen LogP contribution in [0.3, 0.4) is 0 Å². The maximum atomic E-state index is 15.5. The first kappa shape index (κ1) is 29.5. The van der Waals surface area contributed by atoms with E-state index in [0.29, 0.717) is 44.2 Å². The zero-order valence-corrected chi connectivity index (χ0v) is 24.3. The Kier molecular flexibility index (Phi) is 7.72. The molecule has 2 heterocycles. The average Bonchev–Trinajstić information content (AvgIpc) is 3.39. The van der Waals surface area contributed by atoms with Crippen molar-refractivity contribution in [1.82, 2.24) is 9.97 Å². The highest BCUT2D eigenvalue weighted by Gasteiger charge is 2.49. The Hall–Kier alpha value is -2.95. The lowest BCUT2D eigenvalue weighted by molar-refractivity contribution is -0.170. The maximum Gasteiger partial charge on any atom is 0.303 e. The summed E-state index contributed by atoms with van der Waals surface area (Å²) in [6.45, 7) is 7.09. The number of nitrogens with zero attached hydrogens (tertiary/aromatic N) is 3. The third-order valence-corrected chi connectivity index (χ3v) is 8.55. The molecule has 41 heavy (non-hydrogen) atoms. The Bertz CT molecular complexity index is 1450. The largest absolute Gasteiger partial charge is 0.387 e. The number of alkyl halides is 2. The summed E-state index contributed by atoms with van der Waals surface area (Å²) < 4.78 is 50.7. The smallest absolute Gasteiger partial charge is 0.303 e. The van der Waals surface area contributed by atoms with Crippen LogP contribution in [0.15, 0.2) is 24.3 Å². The minimum Gasteiger partial charge on any atom is -0.387 e. The van der Waals surface area contributed by atoms with Crippen LogP contribution in [0.5, 0.6) is 0 Å². The van der Waals surface area contributed by atoms with Gasteiger partial charge in [-0.1, -0.05) is 12.1 Å². The van der Waals surface area contributed by atoms with Crippen LogP contribution in [0, 0.1) is 12.7 Å². The number of ether oxygens (including phenoxy) is 1. The number of benzene rings is 2. The molecule has 1 saturated heterocycles. The van der Waals surface area contributed by atoms with Gasteiger partial charge in [0.15, 0.2) is 0 Å². The molecule has 10 heteroatoms. The van der Waals surface area contributed by atoms with E-state index in [4.69, 9.17) is 9.72 Å². The van der Waals surface area contributed by atoms with Gasteiger partial charge < -0.3 is 25.2 Å². The summed E-state index contributed by atoms with van der Waals surface area (Å²) in [4.78, 5) is 11.7. The minimum atomic E-state index is -3.79. The van der Waals surface area contributed by atoms with Crippen LogP contribution in [0.4, 0.5) is 24.7 Å². The Labute approximate surface area is 238 Å². The normalized spacial score (nSPS) is 18.0. The van der Waals surface area contributed by atoms with Crippen molar-refractivity contribution >= 4 is 22.4 Å². The SMILES string of the molecule is COCC1(O)CCN(c2cc3c(N[C@H](C)c4cccc(C(F)(F)C(C)(C)O)c4F)nc(C)nc3c3c2CCC3)CC1. The molecule has 0 amide bonds. The van der Waals surface area contributed by atoms with Gasteiger partial charge in [0.25, 0.3) is 0 Å². The van der Waals surface area contributed by atoms with E-state index in [-0.39, 0.29) is 5.56 Å². The first-order valence-electron chi connectivity index (χ1n) is 14.2. The summed E-state index contributed by atoms with van der Waals surface area (Å²) in [6, 6.07) is 5.21. The van der Waals surface area contributed by atoms with Gasteiger partial charge in [-0.2, -0.15) is 8.78 Å². The van der Waals surface area contributed by atoms with Gasteiger partial charge in [-0.05, 0) is 83.1 Å². The number of hydrogen-bond acceptors (Lipinski definition) is 7. The Balaban J connectivity index is 1.53. The van der Waals surface area contributed by atoms with Gasteiger partial charge in [-0.25, -0.2) is 14.4 Å². The molecular formula is C31H39F3N4O3. The molecule has 0 bridgehead atoms. The summed E-state index contributed by atoms with van der Waals surface area (Å²) in [6.07, 6.45) is 4.01. The molecule has 1 aliphatic heterocycles. The van der Waals surface area contributed by atoms with E-state index in [1.165, 1.54) is 23.3 Å². The predicted octanol–water partition coefficient (Wildman–Crippen LogP) is 5.58. The lowest BCUT2D eigenvalue weighted by Gasteiger charge is -2.39. The lowest BCUT2D eigenvalue weighted by atomic mass is 9.90. The van der Waals surface area contributed by atoms with Crippen molar-refractivity contribution in [2.24, 2.45) is 0 Å². The highest BCUT2D eigenvalue weighted by molar-refractivity contribution is 5.96. The number of nitrogens with one attached hydrogen (secondary N) is 1. The molecular weight excluding hydrogens is 533 g/mol. The second-order valence-corrected chi connectivity index (χ2v) is 12.1. The number of piperidine rings is 1. The van der Waals surface area contributed by atoms with Gasteiger partial charge in [0.05, 0.1) is 29.3 Å². The number of halogens is 3. The van der Waals surface area contributed by atoms with Crippen LogP contribution in [0.2, 0.25) is 0 Å². The second kappa shape index (κ2) is 10.7. The summed E-state index contributed by atoms with van der Waals surface area (Å²) in [5.41, 5.74) is 0.296. The fraction of sp³-hybridized carbons (Fsp3) is 0.548. The van der Waals surface area contributed by atoms with Crippen LogP contribution >= 0.6 is 0 Å². The predicted molar refractivity (Wildman–Crippen MR) is 153 cm³/mol. The first-order valence-corrected chi connectivity index (χ1v) is 14.2. The van der Waals surface area contributed by atoms with Gasteiger partial charge >= 0.3 is 5.92 Å². The molecule has 1 aliphatic carbocycles. The number of methoxy groups -OCH3 is 1. The molecule has 222 valence electrons. The van der Waals surface area contributed by atoms with E-state index >= 15 is 4.39 Å². The molecule has 0 saturated carbocycles. The standard InChI is InChI=1S/C31H39F3N4O3/c1-18(20-8-7-11-24(26(20)32)31(33,34)29(3,4)39)35-28-23-16-25(38-14-12-30(40,13-15-38)17-41-5)21-9-6-10-22(21)27(23)36-19(2)37-28/h7-8,11,16,18,39-40H,6,9-10,12-15,17H2,1-5H3,(H,35,36,37)/t18-/m1/s1. The topological polar surface area (TPSA) is 90.7 Å². The summed E-state index contributed by atoms with van der Waals surface area (Å²) >= 11 is 0. The Morgan fingerprint density at radius 2 is 1.83 bits per heavy atom. The minimum absolute atomic E-state index is 0.0469. The summed E-state index contributed by atoms with van der Waals surface area (Å²) in [7, 11) is 1.60. The van der Waals surface area contributed by atoms with Gasteiger partial charge in [0.1, 0.15) is 23.1 Å².